The van der Waals surface area contributed by atoms with E-state index in [1.165, 1.54) is 6.07 Å². The van der Waals surface area contributed by atoms with Crippen molar-refractivity contribution in [3.63, 3.8) is 0 Å². The molecule has 0 saturated carbocycles. The van der Waals surface area contributed by atoms with E-state index in [0.717, 1.165) is 30.1 Å². The van der Waals surface area contributed by atoms with Crippen molar-refractivity contribution in [1.82, 2.24) is 9.55 Å². The van der Waals surface area contributed by atoms with Gasteiger partial charge in [0.15, 0.2) is 0 Å². The van der Waals surface area contributed by atoms with Crippen LogP contribution in [0.4, 0.5) is 10.2 Å². The molecule has 0 bridgehead atoms. The maximum Gasteiger partial charge on any atom is 0.352 e. The van der Waals surface area contributed by atoms with E-state index in [2.05, 4.69) is 9.88 Å². The minimum Gasteiger partial charge on any atom is -0.497 e. The molecule has 0 radical (unpaired) electrons. The number of aryl methyl sites for hydroxylation is 1. The van der Waals surface area contributed by atoms with Crippen LogP contribution in [-0.2, 0) is 19.7 Å². The molecule has 30 heavy (non-hydrogen) atoms. The second kappa shape index (κ2) is 8.57. The highest BCUT2D eigenvalue weighted by atomic mass is 19.1. The number of ether oxygens (including phenoxy) is 2. The number of benzene rings is 2. The van der Waals surface area contributed by atoms with Gasteiger partial charge in [0.25, 0.3) is 0 Å². The van der Waals surface area contributed by atoms with Gasteiger partial charge in [-0.25, -0.2) is 9.18 Å². The normalized spacial score (nSPS) is 13.1. The van der Waals surface area contributed by atoms with Gasteiger partial charge >= 0.3 is 5.69 Å². The molecule has 1 aliphatic rings. The molecule has 2 heterocycles. The molecule has 156 valence electrons. The molecule has 0 aliphatic carbocycles. The first-order chi connectivity index (χ1) is 14.5. The Morgan fingerprint density at radius 3 is 2.77 bits per heavy atom. The van der Waals surface area contributed by atoms with Gasteiger partial charge in [-0.3, -0.25) is 4.57 Å². The van der Waals surface area contributed by atoms with Crippen LogP contribution in [0.15, 0.2) is 53.3 Å². The van der Waals surface area contributed by atoms with Gasteiger partial charge in [-0.1, -0.05) is 24.3 Å². The fraction of sp³-hybridized carbons (Fsp3) is 0.304. The van der Waals surface area contributed by atoms with Gasteiger partial charge in [-0.05, 0) is 48.2 Å². The van der Waals surface area contributed by atoms with Crippen LogP contribution in [0.5, 0.6) is 11.6 Å². The number of nitrogens with zero attached hydrogens (tertiary/aromatic N) is 3. The molecular weight excluding hydrogens is 385 g/mol. The summed E-state index contributed by atoms with van der Waals surface area (Å²) >= 11 is 0. The summed E-state index contributed by atoms with van der Waals surface area (Å²) in [6.07, 6.45) is 0.863. The van der Waals surface area contributed by atoms with Crippen molar-refractivity contribution < 1.29 is 13.9 Å². The third kappa shape index (κ3) is 4.30. The maximum atomic E-state index is 13.8. The monoisotopic (exact) mass is 409 g/mol. The SMILES string of the molecule is COc1cccc(CN2CCCn3c2cc(OCc2ccc(C)c(F)c2)nc3=O)c1. The zero-order chi connectivity index (χ0) is 21.1. The van der Waals surface area contributed by atoms with Crippen LogP contribution in [0.1, 0.15) is 23.1 Å². The molecule has 1 aromatic heterocycles. The van der Waals surface area contributed by atoms with Crippen molar-refractivity contribution in [3.05, 3.63) is 81.5 Å². The molecule has 6 nitrogen and oxygen atoms in total. The molecule has 0 saturated heterocycles. The minimum absolute atomic E-state index is 0.142. The number of hydrogen-bond donors (Lipinski definition) is 0. The molecular formula is C23H24FN3O3. The molecule has 4 rings (SSSR count). The Bertz CT molecular complexity index is 1110. The number of anilines is 1. The Balaban J connectivity index is 1.56. The summed E-state index contributed by atoms with van der Waals surface area (Å²) in [5.74, 6) is 1.53. The molecule has 0 spiro atoms. The third-order valence-corrected chi connectivity index (χ3v) is 5.23. The molecule has 0 fully saturated rings. The van der Waals surface area contributed by atoms with Crippen molar-refractivity contribution in [3.8, 4) is 11.6 Å². The van der Waals surface area contributed by atoms with Gasteiger partial charge in [-0.2, -0.15) is 4.98 Å². The second-order valence-electron chi connectivity index (χ2n) is 7.39. The average molecular weight is 409 g/mol. The van der Waals surface area contributed by atoms with Gasteiger partial charge in [0, 0.05) is 25.7 Å². The van der Waals surface area contributed by atoms with Crippen LogP contribution in [0, 0.1) is 12.7 Å². The first-order valence-electron chi connectivity index (χ1n) is 9.91. The number of fused-ring (bicyclic) bond motifs is 1. The predicted octanol–water partition coefficient (Wildman–Crippen LogP) is 3.69. The van der Waals surface area contributed by atoms with Crippen LogP contribution in [0.2, 0.25) is 0 Å². The van der Waals surface area contributed by atoms with Crippen molar-refractivity contribution in [1.29, 1.82) is 0 Å². The summed E-state index contributed by atoms with van der Waals surface area (Å²) in [5.41, 5.74) is 2.01. The molecule has 0 atom stereocenters. The number of hydrogen-bond acceptors (Lipinski definition) is 5. The molecule has 2 aromatic carbocycles. The summed E-state index contributed by atoms with van der Waals surface area (Å²) in [4.78, 5) is 18.8. The summed E-state index contributed by atoms with van der Waals surface area (Å²) in [6.45, 7) is 3.94. The summed E-state index contributed by atoms with van der Waals surface area (Å²) in [5, 5.41) is 0. The quantitative estimate of drug-likeness (QED) is 0.622. The second-order valence-corrected chi connectivity index (χ2v) is 7.39. The van der Waals surface area contributed by atoms with E-state index >= 15 is 0 Å². The van der Waals surface area contributed by atoms with E-state index in [1.54, 1.807) is 36.8 Å². The van der Waals surface area contributed by atoms with Gasteiger partial charge in [-0.15, -0.1) is 0 Å². The Hall–Kier alpha value is -3.35. The van der Waals surface area contributed by atoms with E-state index in [-0.39, 0.29) is 24.0 Å². The summed E-state index contributed by atoms with van der Waals surface area (Å²) in [7, 11) is 1.64. The predicted molar refractivity (Wildman–Crippen MR) is 113 cm³/mol. The molecule has 0 unspecified atom stereocenters. The van der Waals surface area contributed by atoms with Crippen molar-refractivity contribution in [2.45, 2.75) is 33.0 Å². The van der Waals surface area contributed by atoms with E-state index in [9.17, 15) is 9.18 Å². The lowest BCUT2D eigenvalue weighted by molar-refractivity contribution is 0.289. The average Bonchev–Trinajstić information content (AvgIpc) is 2.75. The highest BCUT2D eigenvalue weighted by molar-refractivity contribution is 5.45. The standard InChI is InChI=1S/C23H24FN3O3/c1-16-7-8-18(12-20(16)24)15-30-21-13-22-26(9-4-10-27(22)23(28)25-21)14-17-5-3-6-19(11-17)29-2/h3,5-8,11-13H,4,9-10,14-15H2,1-2H3. The Labute approximate surface area is 174 Å². The molecule has 3 aromatic rings. The lowest BCUT2D eigenvalue weighted by atomic mass is 10.1. The lowest BCUT2D eigenvalue weighted by Crippen LogP contribution is -2.38. The van der Waals surface area contributed by atoms with E-state index < -0.39 is 0 Å². The first-order valence-corrected chi connectivity index (χ1v) is 9.91. The topological polar surface area (TPSA) is 56.6 Å². The minimum atomic E-state index is -0.340. The Morgan fingerprint density at radius 1 is 1.10 bits per heavy atom. The fourth-order valence-corrected chi connectivity index (χ4v) is 3.59. The van der Waals surface area contributed by atoms with Crippen LogP contribution in [0.3, 0.4) is 0 Å². The molecule has 0 amide bonds. The molecule has 7 heteroatoms. The van der Waals surface area contributed by atoms with Crippen LogP contribution in [0.25, 0.3) is 0 Å². The van der Waals surface area contributed by atoms with E-state index in [0.29, 0.717) is 24.2 Å². The maximum absolute atomic E-state index is 13.8. The number of halogens is 1. The highest BCUT2D eigenvalue weighted by Crippen LogP contribution is 2.25. The molecule has 1 aliphatic heterocycles. The zero-order valence-electron chi connectivity index (χ0n) is 17.1. The van der Waals surface area contributed by atoms with E-state index in [1.807, 2.05) is 24.3 Å². The highest BCUT2D eigenvalue weighted by Gasteiger charge is 2.20. The van der Waals surface area contributed by atoms with Gasteiger partial charge < -0.3 is 14.4 Å². The Kier molecular flexibility index (Phi) is 5.70. The van der Waals surface area contributed by atoms with Gasteiger partial charge in [0.1, 0.15) is 24.0 Å². The van der Waals surface area contributed by atoms with Gasteiger partial charge in [0.2, 0.25) is 5.88 Å². The number of rotatable bonds is 6. The zero-order valence-corrected chi connectivity index (χ0v) is 17.1. The smallest absolute Gasteiger partial charge is 0.352 e. The van der Waals surface area contributed by atoms with Gasteiger partial charge in [0.05, 0.1) is 7.11 Å². The fourth-order valence-electron chi connectivity index (χ4n) is 3.59. The lowest BCUT2D eigenvalue weighted by Gasteiger charge is -2.32. The summed E-state index contributed by atoms with van der Waals surface area (Å²) < 4.78 is 26.5. The third-order valence-electron chi connectivity index (χ3n) is 5.23. The molecule has 0 N–H and O–H groups in total. The summed E-state index contributed by atoms with van der Waals surface area (Å²) in [6, 6.07) is 14.6. The number of methoxy groups -OCH3 is 1. The largest absolute Gasteiger partial charge is 0.497 e. The van der Waals surface area contributed by atoms with Crippen molar-refractivity contribution >= 4 is 5.82 Å². The van der Waals surface area contributed by atoms with Crippen molar-refractivity contribution in [2.24, 2.45) is 0 Å². The van der Waals surface area contributed by atoms with Crippen LogP contribution in [-0.4, -0.2) is 23.2 Å². The van der Waals surface area contributed by atoms with Crippen LogP contribution >= 0.6 is 0 Å². The number of aromatic nitrogens is 2. The van der Waals surface area contributed by atoms with E-state index in [4.69, 9.17) is 9.47 Å². The Morgan fingerprint density at radius 2 is 1.97 bits per heavy atom. The van der Waals surface area contributed by atoms with Crippen molar-refractivity contribution in [2.75, 3.05) is 18.6 Å². The van der Waals surface area contributed by atoms with Crippen LogP contribution < -0.4 is 20.1 Å². The first kappa shape index (κ1) is 19.9.